The highest BCUT2D eigenvalue weighted by Crippen LogP contribution is 2.31. The lowest BCUT2D eigenvalue weighted by molar-refractivity contribution is 0.674. The summed E-state index contributed by atoms with van der Waals surface area (Å²) in [6.07, 6.45) is 1.11. The zero-order chi connectivity index (χ0) is 12.3. The molecule has 0 saturated carbocycles. The summed E-state index contributed by atoms with van der Waals surface area (Å²) in [5, 5.41) is 6.59. The van der Waals surface area contributed by atoms with Crippen molar-refractivity contribution >= 4 is 22.7 Å². The molecule has 2 heterocycles. The predicted molar refractivity (Wildman–Crippen MR) is 77.1 cm³/mol. The van der Waals surface area contributed by atoms with Crippen LogP contribution in [0.1, 0.15) is 29.7 Å². The summed E-state index contributed by atoms with van der Waals surface area (Å²) in [5.41, 5.74) is 1.14. The Hall–Kier alpha value is -0.710. The lowest BCUT2D eigenvalue weighted by atomic mass is 10.2. The van der Waals surface area contributed by atoms with Crippen molar-refractivity contribution in [3.05, 3.63) is 27.4 Å². The van der Waals surface area contributed by atoms with E-state index in [1.54, 1.807) is 11.3 Å². The van der Waals surface area contributed by atoms with E-state index in [0.717, 1.165) is 18.7 Å². The van der Waals surface area contributed by atoms with E-state index in [2.05, 4.69) is 36.7 Å². The Morgan fingerprint density at radius 1 is 1.41 bits per heavy atom. The van der Waals surface area contributed by atoms with Gasteiger partial charge in [0.2, 0.25) is 0 Å². The van der Waals surface area contributed by atoms with Crippen molar-refractivity contribution in [3.8, 4) is 10.6 Å². The van der Waals surface area contributed by atoms with E-state index in [4.69, 9.17) is 4.98 Å². The van der Waals surface area contributed by atoms with Gasteiger partial charge in [-0.05, 0) is 25.6 Å². The molecule has 1 atom stereocenters. The smallest absolute Gasteiger partial charge is 0.0973 e. The van der Waals surface area contributed by atoms with E-state index < -0.39 is 0 Å². The highest BCUT2D eigenvalue weighted by atomic mass is 32.1. The molecule has 0 saturated heterocycles. The maximum Gasteiger partial charge on any atom is 0.0973 e. The molecule has 17 heavy (non-hydrogen) atoms. The normalized spacial score (nSPS) is 12.9. The minimum Gasteiger partial charge on any atom is -0.319 e. The van der Waals surface area contributed by atoms with Crippen LogP contribution in [0.15, 0.2) is 17.5 Å². The van der Waals surface area contributed by atoms with E-state index in [0.29, 0.717) is 5.92 Å². The Morgan fingerprint density at radius 3 is 2.88 bits per heavy atom. The van der Waals surface area contributed by atoms with Crippen molar-refractivity contribution in [3.63, 3.8) is 0 Å². The Labute approximate surface area is 111 Å². The van der Waals surface area contributed by atoms with E-state index in [1.807, 2.05) is 18.4 Å². The van der Waals surface area contributed by atoms with Crippen LogP contribution in [0, 0.1) is 0 Å². The van der Waals surface area contributed by atoms with E-state index in [9.17, 15) is 0 Å². The van der Waals surface area contributed by atoms with E-state index >= 15 is 0 Å². The summed E-state index contributed by atoms with van der Waals surface area (Å²) in [5.74, 6) is 0.490. The SMILES string of the molecule is CCc1ccc(-c2csc(C(C)CNC)n2)s1. The van der Waals surface area contributed by atoms with Gasteiger partial charge < -0.3 is 5.32 Å². The van der Waals surface area contributed by atoms with Crippen LogP contribution in [0.5, 0.6) is 0 Å². The average molecular weight is 266 g/mol. The van der Waals surface area contributed by atoms with Crippen molar-refractivity contribution in [1.29, 1.82) is 0 Å². The third-order valence-electron chi connectivity index (χ3n) is 2.72. The maximum atomic E-state index is 4.74. The molecular weight excluding hydrogens is 248 g/mol. The highest BCUT2D eigenvalue weighted by molar-refractivity contribution is 7.16. The average Bonchev–Trinajstić information content (AvgIpc) is 2.98. The summed E-state index contributed by atoms with van der Waals surface area (Å²) < 4.78 is 0. The molecule has 0 aliphatic heterocycles. The van der Waals surface area contributed by atoms with Crippen molar-refractivity contribution < 1.29 is 0 Å². The number of likely N-dealkylation sites (N-methyl/N-ethyl adjacent to an activating group) is 1. The zero-order valence-electron chi connectivity index (χ0n) is 10.5. The van der Waals surface area contributed by atoms with Crippen molar-refractivity contribution in [2.45, 2.75) is 26.2 Å². The first-order valence-electron chi connectivity index (χ1n) is 5.93. The van der Waals surface area contributed by atoms with Crippen molar-refractivity contribution in [2.24, 2.45) is 0 Å². The molecule has 2 aromatic rings. The van der Waals surface area contributed by atoms with Crippen LogP contribution in [0.25, 0.3) is 10.6 Å². The molecular formula is C13H18N2S2. The molecule has 0 radical (unpaired) electrons. The molecule has 2 nitrogen and oxygen atoms in total. The van der Waals surface area contributed by atoms with Gasteiger partial charge in [0.1, 0.15) is 0 Å². The van der Waals surface area contributed by atoms with Gasteiger partial charge in [0.15, 0.2) is 0 Å². The fourth-order valence-electron chi connectivity index (χ4n) is 1.73. The lowest BCUT2D eigenvalue weighted by Crippen LogP contribution is -2.14. The number of hydrogen-bond acceptors (Lipinski definition) is 4. The van der Waals surface area contributed by atoms with Gasteiger partial charge in [-0.25, -0.2) is 4.98 Å². The second-order valence-corrected chi connectivity index (χ2v) is 6.21. The molecule has 0 aliphatic carbocycles. The highest BCUT2D eigenvalue weighted by Gasteiger charge is 2.11. The zero-order valence-corrected chi connectivity index (χ0v) is 12.1. The molecule has 92 valence electrons. The number of nitrogens with one attached hydrogen (secondary N) is 1. The Kier molecular flexibility index (Phi) is 4.31. The first kappa shape index (κ1) is 12.7. The largest absolute Gasteiger partial charge is 0.319 e. The molecule has 0 aromatic carbocycles. The van der Waals surface area contributed by atoms with Crippen LogP contribution < -0.4 is 5.32 Å². The third-order valence-corrected chi connectivity index (χ3v) is 5.04. The minimum absolute atomic E-state index is 0.490. The van der Waals surface area contributed by atoms with Gasteiger partial charge in [-0.3, -0.25) is 0 Å². The summed E-state index contributed by atoms with van der Waals surface area (Å²) in [6.45, 7) is 5.39. The summed E-state index contributed by atoms with van der Waals surface area (Å²) in [4.78, 5) is 7.46. The lowest BCUT2D eigenvalue weighted by Gasteiger charge is -2.05. The molecule has 0 aliphatic rings. The second kappa shape index (κ2) is 5.76. The van der Waals surface area contributed by atoms with Gasteiger partial charge in [0, 0.05) is 22.7 Å². The standard InChI is InChI=1S/C13H18N2S2/c1-4-10-5-6-12(17-10)11-8-16-13(15-11)9(2)7-14-3/h5-6,8-9,14H,4,7H2,1-3H3. The molecule has 0 bridgehead atoms. The number of nitrogens with zero attached hydrogens (tertiary/aromatic N) is 1. The summed E-state index contributed by atoms with van der Waals surface area (Å²) >= 11 is 3.62. The van der Waals surface area contributed by atoms with Crippen molar-refractivity contribution in [2.75, 3.05) is 13.6 Å². The summed E-state index contributed by atoms with van der Waals surface area (Å²) in [7, 11) is 1.98. The molecule has 2 rings (SSSR count). The molecule has 1 unspecified atom stereocenters. The van der Waals surface area contributed by atoms with Crippen LogP contribution in [0.4, 0.5) is 0 Å². The number of rotatable bonds is 5. The van der Waals surface area contributed by atoms with Crippen LogP contribution >= 0.6 is 22.7 Å². The van der Waals surface area contributed by atoms with Crippen LogP contribution in [0.3, 0.4) is 0 Å². The Morgan fingerprint density at radius 2 is 2.24 bits per heavy atom. The number of hydrogen-bond donors (Lipinski definition) is 1. The Bertz CT molecular complexity index is 473. The summed E-state index contributed by atoms with van der Waals surface area (Å²) in [6, 6.07) is 4.39. The molecule has 0 spiro atoms. The quantitative estimate of drug-likeness (QED) is 0.891. The van der Waals surface area contributed by atoms with Gasteiger partial charge in [-0.2, -0.15) is 0 Å². The van der Waals surface area contributed by atoms with Gasteiger partial charge in [0.05, 0.1) is 15.6 Å². The molecule has 4 heteroatoms. The van der Waals surface area contributed by atoms with Crippen LogP contribution in [0.2, 0.25) is 0 Å². The first-order chi connectivity index (χ1) is 8.24. The minimum atomic E-state index is 0.490. The van der Waals surface area contributed by atoms with E-state index in [-0.39, 0.29) is 0 Å². The maximum absolute atomic E-state index is 4.74. The van der Waals surface area contributed by atoms with Gasteiger partial charge >= 0.3 is 0 Å². The van der Waals surface area contributed by atoms with Crippen LogP contribution in [-0.4, -0.2) is 18.6 Å². The van der Waals surface area contributed by atoms with E-state index in [1.165, 1.54) is 14.8 Å². The third kappa shape index (κ3) is 2.94. The Balaban J connectivity index is 2.17. The topological polar surface area (TPSA) is 24.9 Å². The predicted octanol–water partition coefficient (Wildman–Crippen LogP) is 3.76. The van der Waals surface area contributed by atoms with Crippen LogP contribution in [-0.2, 0) is 6.42 Å². The second-order valence-electron chi connectivity index (χ2n) is 4.15. The van der Waals surface area contributed by atoms with Gasteiger partial charge in [-0.15, -0.1) is 22.7 Å². The molecule has 0 amide bonds. The number of thiophene rings is 1. The first-order valence-corrected chi connectivity index (χ1v) is 7.63. The molecule has 2 aromatic heterocycles. The number of aryl methyl sites for hydroxylation is 1. The van der Waals surface area contributed by atoms with Gasteiger partial charge in [0.25, 0.3) is 0 Å². The van der Waals surface area contributed by atoms with Crippen molar-refractivity contribution in [1.82, 2.24) is 10.3 Å². The number of thiazole rings is 1. The fraction of sp³-hybridized carbons (Fsp3) is 0.462. The van der Waals surface area contributed by atoms with Gasteiger partial charge in [-0.1, -0.05) is 13.8 Å². The number of aromatic nitrogens is 1. The molecule has 1 N–H and O–H groups in total. The monoisotopic (exact) mass is 266 g/mol. The molecule has 0 fully saturated rings. The fourth-order valence-corrected chi connectivity index (χ4v) is 3.59.